The van der Waals surface area contributed by atoms with Gasteiger partial charge in [0.05, 0.1) is 0 Å². The lowest BCUT2D eigenvalue weighted by Gasteiger charge is -2.25. The summed E-state index contributed by atoms with van der Waals surface area (Å²) in [5.41, 5.74) is 0. The minimum absolute atomic E-state index is 0.187. The average molecular weight is 392 g/mol. The molecule has 0 radical (unpaired) electrons. The maximum absolute atomic E-state index is 12.3. The third-order valence-electron chi connectivity index (χ3n) is 4.12. The lowest BCUT2D eigenvalue weighted by Crippen LogP contribution is -2.45. The van der Waals surface area contributed by atoms with Crippen LogP contribution >= 0.6 is 0 Å². The van der Waals surface area contributed by atoms with Gasteiger partial charge in [0, 0.05) is 19.3 Å². The number of hydrogen-bond acceptors (Lipinski definition) is 8. The average Bonchev–Trinajstić information content (AvgIpc) is 2.78. The number of aromatic nitrogens is 3. The van der Waals surface area contributed by atoms with Gasteiger partial charge in [0.2, 0.25) is 6.10 Å². The molecule has 3 aromatic rings. The molecule has 9 nitrogen and oxygen atoms in total. The number of hydrogen-bond donors (Lipinski definition) is 3. The number of ether oxygens (including phenoxy) is 2. The van der Waals surface area contributed by atoms with Gasteiger partial charge in [-0.25, -0.2) is 4.98 Å². The summed E-state index contributed by atoms with van der Waals surface area (Å²) in [5, 5.41) is 17.2. The summed E-state index contributed by atoms with van der Waals surface area (Å²) >= 11 is 0. The molecular weight excluding hydrogens is 372 g/mol. The Labute approximate surface area is 167 Å². The van der Waals surface area contributed by atoms with Crippen LogP contribution in [0, 0.1) is 0 Å². The van der Waals surface area contributed by atoms with Crippen LogP contribution in [0.4, 0.5) is 17.5 Å². The number of fused-ring (bicyclic) bond motifs is 1. The molecule has 1 aromatic carbocycles. The van der Waals surface area contributed by atoms with E-state index >= 15 is 0 Å². The summed E-state index contributed by atoms with van der Waals surface area (Å²) in [5.74, 6) is 2.91. The predicted octanol–water partition coefficient (Wildman–Crippen LogP) is 1.98. The number of pyridine rings is 1. The maximum Gasteiger partial charge on any atom is 0.264 e. The van der Waals surface area contributed by atoms with Crippen molar-refractivity contribution < 1.29 is 14.3 Å². The van der Waals surface area contributed by atoms with Crippen molar-refractivity contribution in [1.29, 1.82) is 0 Å². The zero-order chi connectivity index (χ0) is 19.9. The molecule has 9 heteroatoms. The van der Waals surface area contributed by atoms with Crippen molar-refractivity contribution in [2.45, 2.75) is 6.10 Å². The second-order valence-electron chi connectivity index (χ2n) is 6.23. The molecule has 29 heavy (non-hydrogen) atoms. The number of anilines is 3. The van der Waals surface area contributed by atoms with Crippen LogP contribution in [-0.4, -0.2) is 46.9 Å². The molecule has 148 valence electrons. The van der Waals surface area contributed by atoms with E-state index in [1.165, 1.54) is 0 Å². The largest absolute Gasteiger partial charge is 0.485 e. The fourth-order valence-corrected chi connectivity index (χ4v) is 2.70. The van der Waals surface area contributed by atoms with Gasteiger partial charge in [-0.05, 0) is 36.4 Å². The number of nitrogens with zero attached hydrogens (tertiary/aromatic N) is 3. The van der Waals surface area contributed by atoms with Crippen molar-refractivity contribution in [3.05, 3.63) is 60.8 Å². The Balaban J connectivity index is 1.19. The molecule has 1 atom stereocenters. The lowest BCUT2D eigenvalue weighted by molar-refractivity contribution is -0.130. The van der Waals surface area contributed by atoms with Crippen molar-refractivity contribution in [1.82, 2.24) is 20.5 Å². The molecule has 3 heterocycles. The summed E-state index contributed by atoms with van der Waals surface area (Å²) in [4.78, 5) is 16.4. The molecule has 1 aliphatic rings. The molecule has 0 unspecified atom stereocenters. The molecule has 1 amide bonds. The highest BCUT2D eigenvalue weighted by atomic mass is 16.6. The molecule has 0 aliphatic carbocycles. The second kappa shape index (κ2) is 8.87. The number of para-hydroxylation sites is 2. The van der Waals surface area contributed by atoms with Gasteiger partial charge in [0.15, 0.2) is 17.3 Å². The summed E-state index contributed by atoms with van der Waals surface area (Å²) in [6.45, 7) is 1.10. The zero-order valence-electron chi connectivity index (χ0n) is 15.5. The third-order valence-corrected chi connectivity index (χ3v) is 4.12. The Morgan fingerprint density at radius 1 is 0.931 bits per heavy atom. The number of rotatable bonds is 7. The van der Waals surface area contributed by atoms with Crippen molar-refractivity contribution in [2.75, 3.05) is 30.3 Å². The Hall–Kier alpha value is -3.88. The molecule has 3 N–H and O–H groups in total. The molecule has 0 fully saturated rings. The van der Waals surface area contributed by atoms with Crippen LogP contribution in [0.25, 0.3) is 0 Å². The van der Waals surface area contributed by atoms with Gasteiger partial charge in [-0.1, -0.05) is 18.2 Å². The fourth-order valence-electron chi connectivity index (χ4n) is 2.70. The van der Waals surface area contributed by atoms with Crippen molar-refractivity contribution in [3.8, 4) is 11.5 Å². The zero-order valence-corrected chi connectivity index (χ0v) is 15.5. The molecule has 1 aliphatic heterocycles. The van der Waals surface area contributed by atoms with E-state index in [9.17, 15) is 4.79 Å². The quantitative estimate of drug-likeness (QED) is 0.524. The highest BCUT2D eigenvalue weighted by Crippen LogP contribution is 2.30. The smallest absolute Gasteiger partial charge is 0.264 e. The van der Waals surface area contributed by atoms with Crippen LogP contribution in [0.1, 0.15) is 0 Å². The van der Waals surface area contributed by atoms with E-state index < -0.39 is 6.10 Å². The molecule has 0 saturated carbocycles. The topological polar surface area (TPSA) is 110 Å². The lowest BCUT2D eigenvalue weighted by atomic mass is 10.2. The Morgan fingerprint density at radius 3 is 2.52 bits per heavy atom. The first-order valence-electron chi connectivity index (χ1n) is 9.20. The monoisotopic (exact) mass is 392 g/mol. The molecule has 0 saturated heterocycles. The van der Waals surface area contributed by atoms with Crippen LogP contribution in [0.15, 0.2) is 60.8 Å². The van der Waals surface area contributed by atoms with E-state index in [2.05, 4.69) is 31.1 Å². The van der Waals surface area contributed by atoms with Crippen molar-refractivity contribution in [3.63, 3.8) is 0 Å². The Bertz CT molecular complexity index is 952. The summed E-state index contributed by atoms with van der Waals surface area (Å²) in [7, 11) is 0. The third kappa shape index (κ3) is 4.89. The van der Waals surface area contributed by atoms with E-state index in [-0.39, 0.29) is 12.5 Å². The number of amides is 1. The molecule has 0 spiro atoms. The Kier molecular flexibility index (Phi) is 5.65. The number of carbonyl (C=O) groups is 1. The van der Waals surface area contributed by atoms with Gasteiger partial charge in [0.1, 0.15) is 18.2 Å². The number of carbonyl (C=O) groups excluding carboxylic acids is 1. The van der Waals surface area contributed by atoms with E-state index in [1.54, 1.807) is 24.4 Å². The summed E-state index contributed by atoms with van der Waals surface area (Å²) in [6.07, 6.45) is 1.03. The molecule has 2 aromatic heterocycles. The standard InChI is InChI=1S/C20H20N6O3/c27-20(16-13-28-14-5-1-2-6-15(14)29-16)23-12-11-22-18-8-9-19(26-25-18)24-17-7-3-4-10-21-17/h1-10,16H,11-13H2,(H,22,25)(H,23,27)(H,21,24,26)/t16-/m0/s1. The van der Waals surface area contributed by atoms with Crippen LogP contribution in [0.3, 0.4) is 0 Å². The number of benzene rings is 1. The highest BCUT2D eigenvalue weighted by Gasteiger charge is 2.26. The normalized spacial score (nSPS) is 14.7. The first-order valence-corrected chi connectivity index (χ1v) is 9.20. The Morgan fingerprint density at radius 2 is 1.72 bits per heavy atom. The van der Waals surface area contributed by atoms with Crippen LogP contribution in [0.5, 0.6) is 11.5 Å². The molecular formula is C20H20N6O3. The van der Waals surface area contributed by atoms with E-state index in [0.29, 0.717) is 42.0 Å². The van der Waals surface area contributed by atoms with Gasteiger partial charge in [-0.3, -0.25) is 4.79 Å². The number of nitrogens with one attached hydrogen (secondary N) is 3. The minimum atomic E-state index is -0.665. The second-order valence-corrected chi connectivity index (χ2v) is 6.23. The highest BCUT2D eigenvalue weighted by molar-refractivity contribution is 5.81. The predicted molar refractivity (Wildman–Crippen MR) is 107 cm³/mol. The van der Waals surface area contributed by atoms with Crippen LogP contribution in [0.2, 0.25) is 0 Å². The fraction of sp³-hybridized carbons (Fsp3) is 0.200. The minimum Gasteiger partial charge on any atom is -0.485 e. The van der Waals surface area contributed by atoms with Gasteiger partial charge < -0.3 is 25.4 Å². The summed E-state index contributed by atoms with van der Waals surface area (Å²) in [6, 6.07) is 16.5. The van der Waals surface area contributed by atoms with Gasteiger partial charge in [0.25, 0.3) is 5.91 Å². The van der Waals surface area contributed by atoms with Crippen molar-refractivity contribution >= 4 is 23.4 Å². The van der Waals surface area contributed by atoms with E-state index in [4.69, 9.17) is 9.47 Å². The van der Waals surface area contributed by atoms with Crippen LogP contribution in [-0.2, 0) is 4.79 Å². The van der Waals surface area contributed by atoms with Crippen molar-refractivity contribution in [2.24, 2.45) is 0 Å². The van der Waals surface area contributed by atoms with E-state index in [0.717, 1.165) is 0 Å². The first kappa shape index (κ1) is 18.5. The van der Waals surface area contributed by atoms with Crippen LogP contribution < -0.4 is 25.4 Å². The van der Waals surface area contributed by atoms with Gasteiger partial charge >= 0.3 is 0 Å². The maximum atomic E-state index is 12.3. The van der Waals surface area contributed by atoms with Gasteiger partial charge in [-0.2, -0.15) is 0 Å². The van der Waals surface area contributed by atoms with E-state index in [1.807, 2.05) is 36.4 Å². The SMILES string of the molecule is O=C(NCCNc1ccc(Nc2ccccn2)nn1)[C@@H]1COc2ccccc2O1. The molecule has 4 rings (SSSR count). The molecule has 0 bridgehead atoms. The summed E-state index contributed by atoms with van der Waals surface area (Å²) < 4.78 is 11.2. The van der Waals surface area contributed by atoms with Gasteiger partial charge in [-0.15, -0.1) is 10.2 Å². The first-order chi connectivity index (χ1) is 14.3.